The number of nitrogens with one attached hydrogen (secondary N) is 3. The molecule has 0 aromatic heterocycles. The highest BCUT2D eigenvalue weighted by atomic mass is 127. The molecule has 0 saturated heterocycles. The van der Waals surface area contributed by atoms with Crippen molar-refractivity contribution in [1.82, 2.24) is 16.0 Å². The van der Waals surface area contributed by atoms with Crippen LogP contribution in [0, 0.1) is 0 Å². The standard InChI is InChI=1S/C22H38N4O4.HI/c1-7-23-20(24-13-8-14-25-21(28)30-22(4,5)6)26-15-19(27)17-9-11-18(12-10-17)29-16(2)3;/h9-12,16,19,27H,7-8,13-15H2,1-6H3,(H,25,28)(H2,23,24,26);1H. The number of halogens is 1. The molecule has 0 radical (unpaired) electrons. The van der Waals surface area contributed by atoms with E-state index in [1.807, 2.05) is 65.8 Å². The first-order valence-corrected chi connectivity index (χ1v) is 10.5. The molecule has 9 heteroatoms. The van der Waals surface area contributed by atoms with Gasteiger partial charge in [-0.25, -0.2) is 4.79 Å². The Balaban J connectivity index is 0.00000900. The number of nitrogens with zero attached hydrogens (tertiary/aromatic N) is 1. The highest BCUT2D eigenvalue weighted by Crippen LogP contribution is 2.19. The van der Waals surface area contributed by atoms with Crippen molar-refractivity contribution in [3.63, 3.8) is 0 Å². The molecule has 0 aliphatic heterocycles. The lowest BCUT2D eigenvalue weighted by Crippen LogP contribution is -2.39. The highest BCUT2D eigenvalue weighted by Gasteiger charge is 2.15. The number of amides is 1. The van der Waals surface area contributed by atoms with E-state index in [2.05, 4.69) is 20.9 Å². The van der Waals surface area contributed by atoms with Crippen LogP contribution in [0.25, 0.3) is 0 Å². The number of rotatable bonds is 10. The van der Waals surface area contributed by atoms with Crippen LogP contribution in [0.4, 0.5) is 4.79 Å². The Morgan fingerprint density at radius 1 is 1.10 bits per heavy atom. The molecule has 8 nitrogen and oxygen atoms in total. The first-order valence-electron chi connectivity index (χ1n) is 10.5. The topological polar surface area (TPSA) is 104 Å². The number of carbonyl (C=O) groups excluding carboxylic acids is 1. The molecule has 0 heterocycles. The van der Waals surface area contributed by atoms with Crippen molar-refractivity contribution in [2.75, 3.05) is 26.2 Å². The molecule has 0 bridgehead atoms. The van der Waals surface area contributed by atoms with Gasteiger partial charge in [-0.1, -0.05) is 12.1 Å². The van der Waals surface area contributed by atoms with Crippen LogP contribution in [0.5, 0.6) is 5.75 Å². The molecule has 178 valence electrons. The van der Waals surface area contributed by atoms with Crippen LogP contribution in [-0.2, 0) is 4.74 Å². The van der Waals surface area contributed by atoms with Crippen LogP contribution in [0.15, 0.2) is 29.3 Å². The molecule has 0 saturated carbocycles. The molecule has 0 aliphatic rings. The fraction of sp³-hybridized carbons (Fsp3) is 0.636. The molecule has 1 aromatic rings. The second-order valence-corrected chi connectivity index (χ2v) is 8.18. The molecule has 4 N–H and O–H groups in total. The summed E-state index contributed by atoms with van der Waals surface area (Å²) in [5.74, 6) is 1.40. The monoisotopic (exact) mass is 550 g/mol. The third kappa shape index (κ3) is 14.0. The fourth-order valence-corrected chi connectivity index (χ4v) is 2.47. The maximum atomic E-state index is 11.6. The third-order valence-corrected chi connectivity index (χ3v) is 3.72. The van der Waals surface area contributed by atoms with Gasteiger partial charge in [-0.2, -0.15) is 0 Å². The zero-order valence-electron chi connectivity index (χ0n) is 19.5. The molecule has 1 rings (SSSR count). The molecule has 1 unspecified atom stereocenters. The lowest BCUT2D eigenvalue weighted by atomic mass is 10.1. The van der Waals surface area contributed by atoms with E-state index in [1.54, 1.807) is 0 Å². The van der Waals surface area contributed by atoms with Crippen molar-refractivity contribution in [3.8, 4) is 5.75 Å². The summed E-state index contributed by atoms with van der Waals surface area (Å²) in [5.41, 5.74) is 0.280. The van der Waals surface area contributed by atoms with Gasteiger partial charge in [0, 0.05) is 19.6 Å². The summed E-state index contributed by atoms with van der Waals surface area (Å²) in [6.07, 6.45) is -0.305. The summed E-state index contributed by atoms with van der Waals surface area (Å²) < 4.78 is 10.8. The summed E-state index contributed by atoms with van der Waals surface area (Å²) >= 11 is 0. The van der Waals surface area contributed by atoms with E-state index in [0.29, 0.717) is 32.0 Å². The van der Waals surface area contributed by atoms with Gasteiger partial charge in [0.2, 0.25) is 0 Å². The first kappa shape index (κ1) is 29.2. The van der Waals surface area contributed by atoms with Crippen LogP contribution in [0.2, 0.25) is 0 Å². The van der Waals surface area contributed by atoms with Gasteiger partial charge in [0.25, 0.3) is 0 Å². The Labute approximate surface area is 203 Å². The van der Waals surface area contributed by atoms with Crippen molar-refractivity contribution in [3.05, 3.63) is 29.8 Å². The Morgan fingerprint density at radius 2 is 1.71 bits per heavy atom. The summed E-state index contributed by atoms with van der Waals surface area (Å²) in [7, 11) is 0. The Hall–Kier alpha value is -1.75. The maximum absolute atomic E-state index is 11.6. The second kappa shape index (κ2) is 15.1. The van der Waals surface area contributed by atoms with E-state index in [1.165, 1.54) is 0 Å². The highest BCUT2D eigenvalue weighted by molar-refractivity contribution is 14.0. The summed E-state index contributed by atoms with van der Waals surface area (Å²) in [6, 6.07) is 7.40. The van der Waals surface area contributed by atoms with E-state index < -0.39 is 17.8 Å². The number of carbonyl (C=O) groups is 1. The van der Waals surface area contributed by atoms with Gasteiger partial charge in [0.05, 0.1) is 18.8 Å². The molecule has 1 atom stereocenters. The van der Waals surface area contributed by atoms with Gasteiger partial charge in [-0.15, -0.1) is 24.0 Å². The number of aliphatic hydroxyl groups is 1. The van der Waals surface area contributed by atoms with Crippen molar-refractivity contribution in [1.29, 1.82) is 0 Å². The quantitative estimate of drug-likeness (QED) is 0.154. The minimum Gasteiger partial charge on any atom is -0.491 e. The molecular weight excluding hydrogens is 511 g/mol. The smallest absolute Gasteiger partial charge is 0.407 e. The zero-order chi connectivity index (χ0) is 22.6. The van der Waals surface area contributed by atoms with Crippen LogP contribution in [0.1, 0.15) is 59.6 Å². The zero-order valence-corrected chi connectivity index (χ0v) is 21.9. The molecule has 0 fully saturated rings. The van der Waals surface area contributed by atoms with Gasteiger partial charge in [-0.05, 0) is 65.7 Å². The van der Waals surface area contributed by atoms with E-state index in [0.717, 1.165) is 11.3 Å². The number of hydrogen-bond acceptors (Lipinski definition) is 5. The van der Waals surface area contributed by atoms with Crippen LogP contribution >= 0.6 is 24.0 Å². The van der Waals surface area contributed by atoms with Gasteiger partial charge in [0.15, 0.2) is 5.96 Å². The Bertz CT molecular complexity index is 660. The minimum absolute atomic E-state index is 0. The maximum Gasteiger partial charge on any atom is 0.407 e. The van der Waals surface area contributed by atoms with Crippen molar-refractivity contribution >= 4 is 36.0 Å². The molecule has 1 aromatic carbocycles. The largest absolute Gasteiger partial charge is 0.491 e. The Kier molecular flexibility index (Phi) is 14.3. The van der Waals surface area contributed by atoms with Gasteiger partial charge in [-0.3, -0.25) is 4.99 Å². The predicted molar refractivity (Wildman–Crippen MR) is 135 cm³/mol. The molecule has 1 amide bonds. The average Bonchev–Trinajstić information content (AvgIpc) is 2.64. The van der Waals surface area contributed by atoms with Gasteiger partial charge in [0.1, 0.15) is 11.4 Å². The SMILES string of the molecule is CCNC(=NCC(O)c1ccc(OC(C)C)cc1)NCCCNC(=O)OC(C)(C)C.I. The second-order valence-electron chi connectivity index (χ2n) is 8.18. The van der Waals surface area contributed by atoms with Crippen LogP contribution in [0.3, 0.4) is 0 Å². The summed E-state index contributed by atoms with van der Waals surface area (Å²) in [6.45, 7) is 13.5. The molecular formula is C22H39IN4O4. The number of hydrogen-bond donors (Lipinski definition) is 4. The number of aliphatic hydroxyl groups excluding tert-OH is 1. The number of ether oxygens (including phenoxy) is 2. The van der Waals surface area contributed by atoms with E-state index in [4.69, 9.17) is 9.47 Å². The molecule has 0 spiro atoms. The number of aliphatic imine (C=N–C) groups is 1. The summed E-state index contributed by atoms with van der Waals surface area (Å²) in [5, 5.41) is 19.5. The van der Waals surface area contributed by atoms with Crippen LogP contribution < -0.4 is 20.7 Å². The van der Waals surface area contributed by atoms with Crippen molar-refractivity contribution in [2.45, 2.75) is 65.8 Å². The predicted octanol–water partition coefficient (Wildman–Crippen LogP) is 3.60. The first-order chi connectivity index (χ1) is 14.1. The lowest BCUT2D eigenvalue weighted by Gasteiger charge is -2.19. The lowest BCUT2D eigenvalue weighted by molar-refractivity contribution is 0.0527. The fourth-order valence-electron chi connectivity index (χ4n) is 2.47. The van der Waals surface area contributed by atoms with Crippen LogP contribution in [-0.4, -0.2) is 55.0 Å². The Morgan fingerprint density at radius 3 is 2.26 bits per heavy atom. The van der Waals surface area contributed by atoms with Crippen molar-refractivity contribution in [2.24, 2.45) is 4.99 Å². The minimum atomic E-state index is -0.706. The molecule has 31 heavy (non-hydrogen) atoms. The normalized spacial score (nSPS) is 12.6. The van der Waals surface area contributed by atoms with Gasteiger partial charge < -0.3 is 30.5 Å². The third-order valence-electron chi connectivity index (χ3n) is 3.72. The van der Waals surface area contributed by atoms with E-state index >= 15 is 0 Å². The van der Waals surface area contributed by atoms with Gasteiger partial charge >= 0.3 is 6.09 Å². The summed E-state index contributed by atoms with van der Waals surface area (Å²) in [4.78, 5) is 16.1. The average molecular weight is 550 g/mol. The molecule has 0 aliphatic carbocycles. The van der Waals surface area contributed by atoms with Crippen molar-refractivity contribution < 1.29 is 19.4 Å². The number of guanidine groups is 1. The number of benzene rings is 1. The van der Waals surface area contributed by atoms with E-state index in [9.17, 15) is 9.90 Å². The number of alkyl carbamates (subject to hydrolysis) is 1. The van der Waals surface area contributed by atoms with E-state index in [-0.39, 0.29) is 36.6 Å².